The standard InChI is InChI=1S/C24H24F3N3O3/c1-32-20-5-3-2-4-19(20)23(31)12-17-10-11-18(13-23)30(17)14-21-28-22(29-33-21)15-6-8-16(9-7-15)24(25,26)27/h2-9,17-18,31H,10-14H2,1H3/t17-,18+,23?. The van der Waals surface area contributed by atoms with Crippen LogP contribution >= 0.6 is 0 Å². The molecule has 3 atom stereocenters. The van der Waals surface area contributed by atoms with Crippen molar-refractivity contribution in [3.8, 4) is 17.1 Å². The number of piperidine rings is 1. The van der Waals surface area contributed by atoms with Gasteiger partial charge >= 0.3 is 6.18 Å². The highest BCUT2D eigenvalue weighted by Crippen LogP contribution is 2.48. The molecule has 5 rings (SSSR count). The summed E-state index contributed by atoms with van der Waals surface area (Å²) in [5.74, 6) is 1.35. The van der Waals surface area contributed by atoms with Crippen LogP contribution in [0.1, 0.15) is 42.7 Å². The minimum Gasteiger partial charge on any atom is -0.496 e. The van der Waals surface area contributed by atoms with E-state index in [0.717, 1.165) is 30.5 Å². The van der Waals surface area contributed by atoms with Crippen LogP contribution in [0.5, 0.6) is 5.75 Å². The van der Waals surface area contributed by atoms with Gasteiger partial charge in [-0.05, 0) is 43.9 Å². The summed E-state index contributed by atoms with van der Waals surface area (Å²) in [6, 6.07) is 12.6. The third-order valence-electron chi connectivity index (χ3n) is 6.78. The molecule has 9 heteroatoms. The molecule has 2 aliphatic heterocycles. The Bertz CT molecular complexity index is 1120. The van der Waals surface area contributed by atoms with Crippen molar-refractivity contribution in [1.82, 2.24) is 15.0 Å². The van der Waals surface area contributed by atoms with Crippen LogP contribution in [-0.2, 0) is 18.3 Å². The van der Waals surface area contributed by atoms with E-state index >= 15 is 0 Å². The second kappa shape index (κ2) is 8.14. The van der Waals surface area contributed by atoms with Gasteiger partial charge in [0.05, 0.1) is 24.8 Å². The van der Waals surface area contributed by atoms with Crippen LogP contribution in [0.3, 0.4) is 0 Å². The molecule has 1 unspecified atom stereocenters. The monoisotopic (exact) mass is 459 g/mol. The number of ether oxygens (including phenoxy) is 1. The first-order valence-corrected chi connectivity index (χ1v) is 10.9. The SMILES string of the molecule is COc1ccccc1C1(O)C[C@H]2CC[C@@H](C1)N2Cc1nc(-c2ccc(C(F)(F)F)cc2)no1. The first kappa shape index (κ1) is 21.9. The summed E-state index contributed by atoms with van der Waals surface area (Å²) in [4.78, 5) is 6.69. The van der Waals surface area contributed by atoms with Crippen LogP contribution in [0.15, 0.2) is 53.1 Å². The lowest BCUT2D eigenvalue weighted by molar-refractivity contribution is -0.137. The van der Waals surface area contributed by atoms with Crippen molar-refractivity contribution in [1.29, 1.82) is 0 Å². The Morgan fingerprint density at radius 1 is 1.09 bits per heavy atom. The molecule has 0 radical (unpaired) electrons. The van der Waals surface area contributed by atoms with Crippen molar-refractivity contribution in [2.75, 3.05) is 7.11 Å². The lowest BCUT2D eigenvalue weighted by Crippen LogP contribution is -2.49. The van der Waals surface area contributed by atoms with E-state index in [-0.39, 0.29) is 17.9 Å². The molecule has 0 spiro atoms. The molecule has 2 aromatic carbocycles. The molecule has 0 aliphatic carbocycles. The average molecular weight is 459 g/mol. The van der Waals surface area contributed by atoms with Crippen molar-refractivity contribution in [2.24, 2.45) is 0 Å². The minimum absolute atomic E-state index is 0.153. The second-order valence-electron chi connectivity index (χ2n) is 8.78. The second-order valence-corrected chi connectivity index (χ2v) is 8.78. The maximum absolute atomic E-state index is 12.8. The zero-order chi connectivity index (χ0) is 23.2. The summed E-state index contributed by atoms with van der Waals surface area (Å²) in [6.07, 6.45) is -1.32. The zero-order valence-corrected chi connectivity index (χ0v) is 18.0. The van der Waals surface area contributed by atoms with Gasteiger partial charge in [-0.3, -0.25) is 4.90 Å². The van der Waals surface area contributed by atoms with Crippen molar-refractivity contribution in [3.63, 3.8) is 0 Å². The normalized spacial score (nSPS) is 25.4. The number of hydrogen-bond acceptors (Lipinski definition) is 6. The van der Waals surface area contributed by atoms with Gasteiger partial charge in [0, 0.05) is 23.2 Å². The van der Waals surface area contributed by atoms with Crippen LogP contribution < -0.4 is 4.74 Å². The van der Waals surface area contributed by atoms with Gasteiger partial charge in [0.15, 0.2) is 0 Å². The van der Waals surface area contributed by atoms with Gasteiger partial charge in [-0.1, -0.05) is 35.5 Å². The number of para-hydroxylation sites is 1. The fraction of sp³-hybridized carbons (Fsp3) is 0.417. The molecule has 174 valence electrons. The first-order valence-electron chi connectivity index (χ1n) is 10.9. The van der Waals surface area contributed by atoms with Crippen LogP contribution in [0.2, 0.25) is 0 Å². The van der Waals surface area contributed by atoms with Crippen LogP contribution in [-0.4, -0.2) is 39.3 Å². The Morgan fingerprint density at radius 3 is 2.39 bits per heavy atom. The van der Waals surface area contributed by atoms with Crippen molar-refractivity contribution < 1.29 is 27.5 Å². The molecule has 1 aromatic heterocycles. The number of nitrogens with zero attached hydrogens (tertiary/aromatic N) is 3. The Labute approximate surface area is 189 Å². The van der Waals surface area contributed by atoms with E-state index in [4.69, 9.17) is 9.26 Å². The first-order chi connectivity index (χ1) is 15.8. The van der Waals surface area contributed by atoms with Crippen molar-refractivity contribution in [3.05, 3.63) is 65.5 Å². The largest absolute Gasteiger partial charge is 0.496 e. The fourth-order valence-corrected chi connectivity index (χ4v) is 5.22. The highest BCUT2D eigenvalue weighted by Gasteiger charge is 2.49. The topological polar surface area (TPSA) is 71.6 Å². The quantitative estimate of drug-likeness (QED) is 0.592. The van der Waals surface area contributed by atoms with Gasteiger partial charge in [-0.2, -0.15) is 18.2 Å². The highest BCUT2D eigenvalue weighted by atomic mass is 19.4. The van der Waals surface area contributed by atoms with E-state index in [1.807, 2.05) is 24.3 Å². The Kier molecular flexibility index (Phi) is 5.41. The number of halogens is 3. The number of rotatable bonds is 5. The summed E-state index contributed by atoms with van der Waals surface area (Å²) < 4.78 is 49.3. The van der Waals surface area contributed by atoms with E-state index in [1.165, 1.54) is 12.1 Å². The molecular weight excluding hydrogens is 435 g/mol. The van der Waals surface area contributed by atoms with Crippen LogP contribution in [0.25, 0.3) is 11.4 Å². The summed E-state index contributed by atoms with van der Waals surface area (Å²) in [6.45, 7) is 0.435. The fourth-order valence-electron chi connectivity index (χ4n) is 5.22. The molecule has 2 saturated heterocycles. The van der Waals surface area contributed by atoms with E-state index < -0.39 is 17.3 Å². The van der Waals surface area contributed by atoms with E-state index in [9.17, 15) is 18.3 Å². The van der Waals surface area contributed by atoms with E-state index in [2.05, 4.69) is 15.0 Å². The summed E-state index contributed by atoms with van der Waals surface area (Å²) in [5.41, 5.74) is -0.409. The molecule has 2 aliphatic rings. The number of hydrogen-bond donors (Lipinski definition) is 1. The smallest absolute Gasteiger partial charge is 0.416 e. The molecule has 0 amide bonds. The van der Waals surface area contributed by atoms with E-state index in [0.29, 0.717) is 36.6 Å². The number of aromatic nitrogens is 2. The van der Waals surface area contributed by atoms with Gasteiger partial charge in [0.25, 0.3) is 0 Å². The predicted octanol–water partition coefficient (Wildman–Crippen LogP) is 4.78. The number of methoxy groups -OCH3 is 1. The van der Waals surface area contributed by atoms with Crippen molar-refractivity contribution >= 4 is 0 Å². The number of benzene rings is 2. The van der Waals surface area contributed by atoms with Gasteiger partial charge in [0.1, 0.15) is 5.75 Å². The summed E-state index contributed by atoms with van der Waals surface area (Å²) in [7, 11) is 1.61. The average Bonchev–Trinajstić information content (AvgIpc) is 3.36. The van der Waals surface area contributed by atoms with Gasteiger partial charge in [-0.25, -0.2) is 0 Å². The van der Waals surface area contributed by atoms with Gasteiger partial charge < -0.3 is 14.4 Å². The number of alkyl halides is 3. The molecule has 3 heterocycles. The molecule has 3 aromatic rings. The maximum atomic E-state index is 12.8. The van der Waals surface area contributed by atoms with Gasteiger partial charge in [0.2, 0.25) is 11.7 Å². The zero-order valence-electron chi connectivity index (χ0n) is 18.0. The third-order valence-corrected chi connectivity index (χ3v) is 6.78. The molecule has 6 nitrogen and oxygen atoms in total. The van der Waals surface area contributed by atoms with Crippen molar-refractivity contribution in [2.45, 2.75) is 56.1 Å². The predicted molar refractivity (Wildman–Crippen MR) is 113 cm³/mol. The molecular formula is C24H24F3N3O3. The Balaban J connectivity index is 1.31. The molecule has 1 N–H and O–H groups in total. The highest BCUT2D eigenvalue weighted by molar-refractivity contribution is 5.54. The molecule has 2 bridgehead atoms. The Morgan fingerprint density at radius 2 is 1.76 bits per heavy atom. The summed E-state index contributed by atoms with van der Waals surface area (Å²) in [5, 5.41) is 15.5. The van der Waals surface area contributed by atoms with Crippen LogP contribution in [0.4, 0.5) is 13.2 Å². The van der Waals surface area contributed by atoms with E-state index in [1.54, 1.807) is 7.11 Å². The lowest BCUT2D eigenvalue weighted by Gasteiger charge is -2.43. The third kappa shape index (κ3) is 4.11. The minimum atomic E-state index is -4.39. The van der Waals surface area contributed by atoms with Gasteiger partial charge in [-0.15, -0.1) is 0 Å². The molecule has 33 heavy (non-hydrogen) atoms. The number of fused-ring (bicyclic) bond motifs is 2. The van der Waals surface area contributed by atoms with Crippen LogP contribution in [0, 0.1) is 0 Å². The summed E-state index contributed by atoms with van der Waals surface area (Å²) >= 11 is 0. The molecule has 0 saturated carbocycles. The lowest BCUT2D eigenvalue weighted by atomic mass is 9.80. The maximum Gasteiger partial charge on any atom is 0.416 e. The Hall–Kier alpha value is -2.91. The number of aliphatic hydroxyl groups is 1. The molecule has 2 fully saturated rings.